The van der Waals surface area contributed by atoms with E-state index in [0.717, 1.165) is 16.1 Å². The van der Waals surface area contributed by atoms with E-state index in [1.54, 1.807) is 31.2 Å². The standard InChI is InChI=1S/C19H25N4O3PS/c1-5-16(10-20)12-23(27(25,26)28-13-14(2)3)19(11-21)22-18-8-6-17(7-9-18)15(4)24/h6-9,14,16H,5,12-13H2,1-4H3,(H,25,26). The summed E-state index contributed by atoms with van der Waals surface area (Å²) in [6, 6.07) is 10.3. The summed E-state index contributed by atoms with van der Waals surface area (Å²) in [5.74, 6) is -0.223. The Kier molecular flexibility index (Phi) is 9.41. The molecule has 0 aromatic heterocycles. The molecule has 0 saturated carbocycles. The lowest BCUT2D eigenvalue weighted by Crippen LogP contribution is -2.31. The lowest BCUT2D eigenvalue weighted by atomic mass is 10.1. The van der Waals surface area contributed by atoms with Crippen LogP contribution < -0.4 is 0 Å². The van der Waals surface area contributed by atoms with E-state index < -0.39 is 12.6 Å². The number of nitrogens with zero attached hydrogens (tertiary/aromatic N) is 4. The van der Waals surface area contributed by atoms with Crippen LogP contribution in [0.5, 0.6) is 0 Å². The number of carbonyl (C=O) groups is 1. The highest BCUT2D eigenvalue weighted by Crippen LogP contribution is 2.58. The molecule has 0 aliphatic heterocycles. The summed E-state index contributed by atoms with van der Waals surface area (Å²) in [6.07, 6.45) is 0.480. The van der Waals surface area contributed by atoms with Crippen molar-refractivity contribution in [2.24, 2.45) is 16.8 Å². The molecule has 1 aromatic carbocycles. The first kappa shape index (κ1) is 23.9. The third-order valence-corrected chi connectivity index (χ3v) is 7.97. The van der Waals surface area contributed by atoms with Crippen molar-refractivity contribution in [1.82, 2.24) is 4.67 Å². The molecule has 0 amide bonds. The molecular formula is C19H25N4O3PS. The molecular weight excluding hydrogens is 395 g/mol. The van der Waals surface area contributed by atoms with Gasteiger partial charge in [0.15, 0.2) is 5.78 Å². The van der Waals surface area contributed by atoms with Gasteiger partial charge in [0.25, 0.3) is 0 Å². The number of rotatable bonds is 9. The van der Waals surface area contributed by atoms with E-state index in [4.69, 9.17) is 0 Å². The molecule has 0 aliphatic rings. The van der Waals surface area contributed by atoms with E-state index in [-0.39, 0.29) is 24.1 Å². The zero-order chi connectivity index (χ0) is 21.3. The van der Waals surface area contributed by atoms with Crippen LogP contribution in [0.2, 0.25) is 0 Å². The number of aliphatic imine (C=N–C) groups is 1. The topological polar surface area (TPSA) is 118 Å². The lowest BCUT2D eigenvalue weighted by molar-refractivity contribution is 0.101. The fourth-order valence-electron chi connectivity index (χ4n) is 2.13. The highest BCUT2D eigenvalue weighted by molar-refractivity contribution is 8.55. The van der Waals surface area contributed by atoms with Crippen molar-refractivity contribution in [2.45, 2.75) is 34.1 Å². The quantitative estimate of drug-likeness (QED) is 0.264. The number of nitriles is 2. The molecule has 7 nitrogen and oxygen atoms in total. The smallest absolute Gasteiger partial charge is 0.321 e. The molecule has 1 N–H and O–H groups in total. The van der Waals surface area contributed by atoms with Gasteiger partial charge in [-0.25, -0.2) is 4.99 Å². The first-order chi connectivity index (χ1) is 13.1. The van der Waals surface area contributed by atoms with E-state index in [1.165, 1.54) is 6.92 Å². The molecule has 0 bridgehead atoms. The van der Waals surface area contributed by atoms with Crippen LogP contribution in [-0.4, -0.2) is 33.5 Å². The number of amidine groups is 1. The van der Waals surface area contributed by atoms with Gasteiger partial charge < -0.3 is 4.89 Å². The number of ketones is 1. The van der Waals surface area contributed by atoms with Crippen LogP contribution in [0.4, 0.5) is 5.69 Å². The monoisotopic (exact) mass is 420 g/mol. The maximum atomic E-state index is 13.0. The molecule has 1 rings (SSSR count). The van der Waals surface area contributed by atoms with Crippen LogP contribution >= 0.6 is 18.1 Å². The summed E-state index contributed by atoms with van der Waals surface area (Å²) in [7, 11) is 0. The average molecular weight is 420 g/mol. The van der Waals surface area contributed by atoms with Crippen LogP contribution in [0.3, 0.4) is 0 Å². The van der Waals surface area contributed by atoms with Crippen molar-refractivity contribution in [3.8, 4) is 12.1 Å². The normalized spacial score (nSPS) is 14.6. The Morgan fingerprint density at radius 1 is 1.32 bits per heavy atom. The average Bonchev–Trinajstić information content (AvgIpc) is 2.66. The van der Waals surface area contributed by atoms with Gasteiger partial charge in [0.05, 0.1) is 17.7 Å². The van der Waals surface area contributed by atoms with Gasteiger partial charge in [0.1, 0.15) is 6.07 Å². The van der Waals surface area contributed by atoms with E-state index in [9.17, 15) is 24.8 Å². The highest BCUT2D eigenvalue weighted by Gasteiger charge is 2.34. The second-order valence-corrected chi connectivity index (χ2v) is 10.9. The van der Waals surface area contributed by atoms with Crippen molar-refractivity contribution in [1.29, 1.82) is 10.5 Å². The van der Waals surface area contributed by atoms with E-state index in [2.05, 4.69) is 11.1 Å². The zero-order valence-electron chi connectivity index (χ0n) is 16.5. The highest BCUT2D eigenvalue weighted by atomic mass is 32.7. The van der Waals surface area contributed by atoms with Crippen molar-refractivity contribution >= 4 is 35.4 Å². The molecule has 1 aromatic rings. The van der Waals surface area contributed by atoms with Gasteiger partial charge in [-0.05, 0) is 54.9 Å². The SMILES string of the molecule is CCC(C#N)CN(C(C#N)=Nc1ccc(C(C)=O)cc1)P(=O)(O)SCC(C)C. The lowest BCUT2D eigenvalue weighted by Gasteiger charge is -2.28. The fraction of sp³-hybridized carbons (Fsp3) is 0.474. The molecule has 0 spiro atoms. The minimum Gasteiger partial charge on any atom is -0.321 e. The Morgan fingerprint density at radius 2 is 1.93 bits per heavy atom. The first-order valence-electron chi connectivity index (χ1n) is 8.89. The van der Waals surface area contributed by atoms with Crippen molar-refractivity contribution in [3.05, 3.63) is 29.8 Å². The molecule has 9 heteroatoms. The molecule has 0 fully saturated rings. The van der Waals surface area contributed by atoms with Crippen LogP contribution in [0.15, 0.2) is 29.3 Å². The van der Waals surface area contributed by atoms with Crippen LogP contribution in [-0.2, 0) is 4.57 Å². The second kappa shape index (κ2) is 11.0. The maximum absolute atomic E-state index is 13.0. The molecule has 0 aliphatic carbocycles. The third-order valence-electron chi connectivity index (χ3n) is 3.80. The fourth-order valence-corrected chi connectivity index (χ4v) is 5.82. The maximum Gasteiger partial charge on any atom is 0.352 e. The Balaban J connectivity index is 3.30. The van der Waals surface area contributed by atoms with Gasteiger partial charge in [-0.3, -0.25) is 14.0 Å². The Bertz CT molecular complexity index is 840. The molecule has 0 radical (unpaired) electrons. The third kappa shape index (κ3) is 7.13. The van der Waals surface area contributed by atoms with Gasteiger partial charge in [-0.15, -0.1) is 0 Å². The number of hydrogen-bond acceptors (Lipinski definition) is 6. The molecule has 0 heterocycles. The van der Waals surface area contributed by atoms with Crippen LogP contribution in [0, 0.1) is 34.5 Å². The van der Waals surface area contributed by atoms with Gasteiger partial charge in [0, 0.05) is 17.9 Å². The summed E-state index contributed by atoms with van der Waals surface area (Å²) in [4.78, 5) is 26.2. The predicted molar refractivity (Wildman–Crippen MR) is 112 cm³/mol. The minimum atomic E-state index is -3.98. The summed E-state index contributed by atoms with van der Waals surface area (Å²) in [5, 5.41) is 18.9. The molecule has 2 unspecified atom stereocenters. The summed E-state index contributed by atoms with van der Waals surface area (Å²) < 4.78 is 14.0. The minimum absolute atomic E-state index is 0.0657. The van der Waals surface area contributed by atoms with Gasteiger partial charge in [0.2, 0.25) is 5.84 Å². The Hall–Kier alpha value is -2.12. The second-order valence-electron chi connectivity index (χ2n) is 6.65. The van der Waals surface area contributed by atoms with Gasteiger partial charge in [-0.2, -0.15) is 10.5 Å². The first-order valence-corrected chi connectivity index (χ1v) is 12.1. The predicted octanol–water partition coefficient (Wildman–Crippen LogP) is 4.78. The summed E-state index contributed by atoms with van der Waals surface area (Å²) >= 11 is 0.870. The van der Waals surface area contributed by atoms with Crippen LogP contribution in [0.1, 0.15) is 44.5 Å². The number of Topliss-reactive ketones (excluding diaryl/α,β-unsaturated/α-hetero) is 1. The molecule has 2 atom stereocenters. The van der Waals surface area contributed by atoms with Gasteiger partial charge in [-0.1, -0.05) is 20.8 Å². The van der Waals surface area contributed by atoms with E-state index >= 15 is 0 Å². The zero-order valence-corrected chi connectivity index (χ0v) is 18.2. The summed E-state index contributed by atoms with van der Waals surface area (Å²) in [6.45, 7) is 3.06. The molecule has 28 heavy (non-hydrogen) atoms. The Labute approximate surface area is 170 Å². The van der Waals surface area contributed by atoms with Crippen LogP contribution in [0.25, 0.3) is 0 Å². The molecule has 0 saturated heterocycles. The largest absolute Gasteiger partial charge is 0.352 e. The number of hydrogen-bond donors (Lipinski definition) is 1. The van der Waals surface area contributed by atoms with Crippen molar-refractivity contribution in [3.63, 3.8) is 0 Å². The van der Waals surface area contributed by atoms with E-state index in [0.29, 0.717) is 23.4 Å². The van der Waals surface area contributed by atoms with Crippen molar-refractivity contribution in [2.75, 3.05) is 12.3 Å². The van der Waals surface area contributed by atoms with E-state index in [1.807, 2.05) is 19.9 Å². The summed E-state index contributed by atoms with van der Waals surface area (Å²) in [5.41, 5.74) is 0.885. The molecule has 150 valence electrons. The van der Waals surface area contributed by atoms with Crippen molar-refractivity contribution < 1.29 is 14.3 Å². The Morgan fingerprint density at radius 3 is 2.36 bits per heavy atom. The number of carbonyl (C=O) groups excluding carboxylic acids is 1. The number of benzene rings is 1. The van der Waals surface area contributed by atoms with Gasteiger partial charge >= 0.3 is 6.72 Å².